The van der Waals surface area contributed by atoms with Crippen molar-refractivity contribution in [1.29, 1.82) is 0 Å². The van der Waals surface area contributed by atoms with Gasteiger partial charge in [-0.05, 0) is 57.2 Å². The summed E-state index contributed by atoms with van der Waals surface area (Å²) < 4.78 is 0. The van der Waals surface area contributed by atoms with E-state index in [1.165, 1.54) is 25.8 Å². The van der Waals surface area contributed by atoms with E-state index in [2.05, 4.69) is 10.2 Å². The lowest BCUT2D eigenvalue weighted by Gasteiger charge is -2.33. The quantitative estimate of drug-likeness (QED) is 0.737. The second-order valence-electron chi connectivity index (χ2n) is 5.70. The highest BCUT2D eigenvalue weighted by Crippen LogP contribution is 2.49. The second-order valence-corrected chi connectivity index (χ2v) is 5.70. The summed E-state index contributed by atoms with van der Waals surface area (Å²) in [6.45, 7) is 4.16. The first-order valence-corrected chi connectivity index (χ1v) is 6.83. The van der Waals surface area contributed by atoms with Crippen molar-refractivity contribution < 1.29 is 4.79 Å². The van der Waals surface area contributed by atoms with E-state index in [9.17, 15) is 4.79 Å². The Labute approximate surface area is 104 Å². The molecule has 0 aromatic carbocycles. The van der Waals surface area contributed by atoms with E-state index in [0.717, 1.165) is 32.5 Å². The molecule has 17 heavy (non-hydrogen) atoms. The summed E-state index contributed by atoms with van der Waals surface area (Å²) in [6.07, 6.45) is 5.89. The number of rotatable bonds is 5. The van der Waals surface area contributed by atoms with Crippen LogP contribution in [0.25, 0.3) is 0 Å². The minimum atomic E-state index is 0.216. The van der Waals surface area contributed by atoms with E-state index in [-0.39, 0.29) is 11.8 Å². The van der Waals surface area contributed by atoms with Gasteiger partial charge in [-0.15, -0.1) is 0 Å². The van der Waals surface area contributed by atoms with Gasteiger partial charge in [0.25, 0.3) is 0 Å². The molecule has 1 aliphatic carbocycles. The molecule has 1 saturated carbocycles. The maximum Gasteiger partial charge on any atom is 0.222 e. The molecule has 4 nitrogen and oxygen atoms in total. The molecule has 0 aromatic rings. The smallest absolute Gasteiger partial charge is 0.222 e. The third kappa shape index (κ3) is 3.19. The van der Waals surface area contributed by atoms with Crippen molar-refractivity contribution in [2.75, 3.05) is 33.2 Å². The van der Waals surface area contributed by atoms with Crippen molar-refractivity contribution in [1.82, 2.24) is 10.2 Å². The van der Waals surface area contributed by atoms with Gasteiger partial charge in [0.05, 0.1) is 0 Å². The zero-order valence-corrected chi connectivity index (χ0v) is 10.9. The molecule has 0 spiro atoms. The van der Waals surface area contributed by atoms with Crippen LogP contribution in [0.4, 0.5) is 0 Å². The molecule has 0 atom stereocenters. The monoisotopic (exact) mass is 239 g/mol. The molecule has 3 N–H and O–H groups in total. The number of nitrogens with two attached hydrogens (primary N) is 1. The van der Waals surface area contributed by atoms with Gasteiger partial charge >= 0.3 is 0 Å². The first kappa shape index (κ1) is 12.8. The summed E-state index contributed by atoms with van der Waals surface area (Å²) in [5, 5.41) is 2.76. The van der Waals surface area contributed by atoms with E-state index in [0.29, 0.717) is 5.41 Å². The summed E-state index contributed by atoms with van der Waals surface area (Å²) in [5.74, 6) is 0.452. The number of piperidine rings is 1. The predicted molar refractivity (Wildman–Crippen MR) is 68.6 cm³/mol. The number of likely N-dealkylation sites (tertiary alicyclic amines) is 1. The largest absolute Gasteiger partial charge is 0.359 e. The minimum Gasteiger partial charge on any atom is -0.359 e. The van der Waals surface area contributed by atoms with Crippen molar-refractivity contribution in [2.24, 2.45) is 17.1 Å². The van der Waals surface area contributed by atoms with Crippen molar-refractivity contribution in [3.63, 3.8) is 0 Å². The molecule has 2 rings (SSSR count). The maximum absolute atomic E-state index is 11.5. The predicted octanol–water partition coefficient (Wildman–Crippen LogP) is 0.573. The first-order valence-electron chi connectivity index (χ1n) is 6.83. The molecule has 1 aliphatic heterocycles. The third-order valence-electron chi connectivity index (χ3n) is 4.40. The van der Waals surface area contributed by atoms with Crippen molar-refractivity contribution in [3.8, 4) is 0 Å². The molecule has 2 fully saturated rings. The Morgan fingerprint density at radius 3 is 2.53 bits per heavy atom. The number of carbonyl (C=O) groups excluding carboxylic acids is 1. The molecule has 2 aliphatic rings. The summed E-state index contributed by atoms with van der Waals surface area (Å²) in [4.78, 5) is 14.1. The molecule has 0 bridgehead atoms. The molecule has 1 amide bonds. The Hall–Kier alpha value is -0.610. The number of hydrogen-bond acceptors (Lipinski definition) is 3. The number of nitrogens with zero attached hydrogens (tertiary/aromatic N) is 1. The molecule has 98 valence electrons. The lowest BCUT2D eigenvalue weighted by Crippen LogP contribution is -2.42. The number of nitrogens with one attached hydrogen (secondary N) is 1. The fourth-order valence-corrected chi connectivity index (χ4v) is 3.00. The number of hydrogen-bond donors (Lipinski definition) is 2. The van der Waals surface area contributed by atoms with Gasteiger partial charge in [0.15, 0.2) is 0 Å². The molecule has 0 radical (unpaired) electrons. The Morgan fingerprint density at radius 1 is 1.41 bits per heavy atom. The topological polar surface area (TPSA) is 58.4 Å². The summed E-state index contributed by atoms with van der Waals surface area (Å²) in [6, 6.07) is 0. The average Bonchev–Trinajstić information content (AvgIpc) is 3.09. The number of amides is 1. The van der Waals surface area contributed by atoms with Crippen LogP contribution in [0.2, 0.25) is 0 Å². The average molecular weight is 239 g/mol. The molecule has 0 aromatic heterocycles. The van der Waals surface area contributed by atoms with Crippen molar-refractivity contribution >= 4 is 5.91 Å². The summed E-state index contributed by atoms with van der Waals surface area (Å²) in [7, 11) is 1.73. The Bertz CT molecular complexity index is 268. The lowest BCUT2D eigenvalue weighted by molar-refractivity contribution is -0.125. The Kier molecular flexibility index (Phi) is 4.05. The van der Waals surface area contributed by atoms with Crippen LogP contribution in [0.15, 0.2) is 0 Å². The van der Waals surface area contributed by atoms with Crippen LogP contribution < -0.4 is 11.1 Å². The lowest BCUT2D eigenvalue weighted by atomic mass is 9.94. The Morgan fingerprint density at radius 2 is 2.06 bits per heavy atom. The van der Waals surface area contributed by atoms with Crippen LogP contribution >= 0.6 is 0 Å². The van der Waals surface area contributed by atoms with E-state index in [1.807, 2.05) is 0 Å². The highest BCUT2D eigenvalue weighted by atomic mass is 16.1. The van der Waals surface area contributed by atoms with Crippen LogP contribution in [-0.2, 0) is 4.79 Å². The molecule has 0 unspecified atom stereocenters. The zero-order chi connectivity index (χ0) is 12.3. The van der Waals surface area contributed by atoms with Gasteiger partial charge in [-0.2, -0.15) is 0 Å². The van der Waals surface area contributed by atoms with Crippen LogP contribution in [0, 0.1) is 11.3 Å². The molecular weight excluding hydrogens is 214 g/mol. The third-order valence-corrected chi connectivity index (χ3v) is 4.40. The zero-order valence-electron chi connectivity index (χ0n) is 10.9. The SMILES string of the molecule is CNC(=O)C1CCN(CC2(CCN)CC2)CC1. The van der Waals surface area contributed by atoms with E-state index in [1.54, 1.807) is 7.05 Å². The van der Waals surface area contributed by atoms with Gasteiger partial charge in [-0.25, -0.2) is 0 Å². The molecular formula is C13H25N3O. The summed E-state index contributed by atoms with van der Waals surface area (Å²) >= 11 is 0. The molecule has 1 saturated heterocycles. The van der Waals surface area contributed by atoms with Gasteiger partial charge in [-0.3, -0.25) is 4.79 Å². The van der Waals surface area contributed by atoms with Crippen molar-refractivity contribution in [2.45, 2.75) is 32.1 Å². The fraction of sp³-hybridized carbons (Fsp3) is 0.923. The van der Waals surface area contributed by atoms with Crippen LogP contribution in [0.5, 0.6) is 0 Å². The Balaban J connectivity index is 1.74. The van der Waals surface area contributed by atoms with Gasteiger partial charge < -0.3 is 16.0 Å². The highest BCUT2D eigenvalue weighted by Gasteiger charge is 2.43. The second kappa shape index (κ2) is 5.36. The van der Waals surface area contributed by atoms with E-state index >= 15 is 0 Å². The standard InChI is InChI=1S/C13H25N3O/c1-15-12(17)11-2-8-16(9-3-11)10-13(4-5-13)6-7-14/h11H,2-10,14H2,1H3,(H,15,17). The fourth-order valence-electron chi connectivity index (χ4n) is 3.00. The van der Waals surface area contributed by atoms with Gasteiger partial charge in [0.2, 0.25) is 5.91 Å². The van der Waals surface area contributed by atoms with Crippen LogP contribution in [-0.4, -0.2) is 44.0 Å². The van der Waals surface area contributed by atoms with Crippen LogP contribution in [0.3, 0.4) is 0 Å². The number of carbonyl (C=O) groups is 1. The highest BCUT2D eigenvalue weighted by molar-refractivity contribution is 5.78. The van der Waals surface area contributed by atoms with Gasteiger partial charge in [0, 0.05) is 19.5 Å². The van der Waals surface area contributed by atoms with Crippen molar-refractivity contribution in [3.05, 3.63) is 0 Å². The maximum atomic E-state index is 11.5. The van der Waals surface area contributed by atoms with Gasteiger partial charge in [-0.1, -0.05) is 0 Å². The minimum absolute atomic E-state index is 0.216. The van der Waals surface area contributed by atoms with Crippen LogP contribution in [0.1, 0.15) is 32.1 Å². The molecule has 4 heteroatoms. The summed E-state index contributed by atoms with van der Waals surface area (Å²) in [5.41, 5.74) is 6.20. The van der Waals surface area contributed by atoms with E-state index < -0.39 is 0 Å². The normalized spacial score (nSPS) is 24.6. The van der Waals surface area contributed by atoms with Gasteiger partial charge in [0.1, 0.15) is 0 Å². The first-order chi connectivity index (χ1) is 8.19. The van der Waals surface area contributed by atoms with E-state index in [4.69, 9.17) is 5.73 Å². The molecule has 1 heterocycles.